The van der Waals surface area contributed by atoms with Gasteiger partial charge < -0.3 is 10.1 Å². The number of fused-ring (bicyclic) bond motifs is 1. The molecule has 0 unspecified atom stereocenters. The van der Waals surface area contributed by atoms with Crippen LogP contribution in [0.15, 0.2) is 46.9 Å². The largest absolute Gasteiger partial charge is 0.482 e. The summed E-state index contributed by atoms with van der Waals surface area (Å²) in [6, 6.07) is 13.1. The van der Waals surface area contributed by atoms with Gasteiger partial charge in [-0.25, -0.2) is 0 Å². The summed E-state index contributed by atoms with van der Waals surface area (Å²) in [6.45, 7) is 6.23. The maximum absolute atomic E-state index is 12.4. The van der Waals surface area contributed by atoms with E-state index in [9.17, 15) is 9.59 Å². The molecule has 3 rings (SSSR count). The molecule has 1 aliphatic rings. The van der Waals surface area contributed by atoms with E-state index in [1.807, 2.05) is 36.4 Å². The van der Waals surface area contributed by atoms with Crippen molar-refractivity contribution < 1.29 is 14.3 Å². The predicted molar refractivity (Wildman–Crippen MR) is 106 cm³/mol. The second-order valence-corrected chi connectivity index (χ2v) is 8.18. The molecule has 136 valence electrons. The fourth-order valence-corrected chi connectivity index (χ4v) is 3.15. The van der Waals surface area contributed by atoms with Gasteiger partial charge in [0, 0.05) is 10.2 Å². The highest BCUT2D eigenvalue weighted by molar-refractivity contribution is 9.10. The number of nitrogens with one attached hydrogen (secondary N) is 1. The Hall–Kier alpha value is -2.34. The van der Waals surface area contributed by atoms with Gasteiger partial charge in [-0.3, -0.25) is 14.5 Å². The molecule has 1 aliphatic heterocycles. The van der Waals surface area contributed by atoms with Crippen LogP contribution in [0.5, 0.6) is 5.75 Å². The third kappa shape index (κ3) is 4.07. The summed E-state index contributed by atoms with van der Waals surface area (Å²) in [4.78, 5) is 26.2. The Bertz CT molecular complexity index is 858. The number of hydrogen-bond donors (Lipinski definition) is 1. The molecule has 0 saturated heterocycles. The van der Waals surface area contributed by atoms with E-state index in [-0.39, 0.29) is 30.4 Å². The monoisotopic (exact) mass is 416 g/mol. The van der Waals surface area contributed by atoms with Crippen LogP contribution in [-0.4, -0.2) is 25.0 Å². The zero-order valence-electron chi connectivity index (χ0n) is 15.0. The third-order valence-corrected chi connectivity index (χ3v) is 4.67. The number of carbonyl (C=O) groups excluding carboxylic acids is 2. The number of carbonyl (C=O) groups is 2. The molecule has 0 saturated carbocycles. The van der Waals surface area contributed by atoms with Crippen molar-refractivity contribution in [3.05, 3.63) is 52.5 Å². The molecule has 0 radical (unpaired) electrons. The lowest BCUT2D eigenvalue weighted by molar-refractivity contribution is -0.123. The highest BCUT2D eigenvalue weighted by atomic mass is 79.9. The van der Waals surface area contributed by atoms with Crippen LogP contribution >= 0.6 is 15.9 Å². The van der Waals surface area contributed by atoms with Gasteiger partial charge in [0.25, 0.3) is 5.91 Å². The SMILES string of the molecule is CC(C)(C)c1ccc2c(c1)OCC(=O)N2CC(=O)Nc1cccc(Br)c1. The maximum Gasteiger partial charge on any atom is 0.265 e. The minimum atomic E-state index is -0.260. The minimum Gasteiger partial charge on any atom is -0.482 e. The molecule has 26 heavy (non-hydrogen) atoms. The predicted octanol–water partition coefficient (Wildman–Crippen LogP) is 4.11. The van der Waals surface area contributed by atoms with Crippen LogP contribution in [0.2, 0.25) is 0 Å². The van der Waals surface area contributed by atoms with E-state index >= 15 is 0 Å². The van der Waals surface area contributed by atoms with Crippen LogP contribution in [0, 0.1) is 0 Å². The number of halogens is 1. The lowest BCUT2D eigenvalue weighted by atomic mass is 9.86. The van der Waals surface area contributed by atoms with Crippen LogP contribution in [0.3, 0.4) is 0 Å². The van der Waals surface area contributed by atoms with Crippen molar-refractivity contribution in [2.24, 2.45) is 0 Å². The van der Waals surface area contributed by atoms with Gasteiger partial charge in [0.1, 0.15) is 12.3 Å². The number of nitrogens with zero attached hydrogens (tertiary/aromatic N) is 1. The zero-order valence-corrected chi connectivity index (χ0v) is 16.6. The van der Waals surface area contributed by atoms with E-state index in [1.54, 1.807) is 6.07 Å². The topological polar surface area (TPSA) is 58.6 Å². The van der Waals surface area contributed by atoms with Crippen molar-refractivity contribution in [2.45, 2.75) is 26.2 Å². The van der Waals surface area contributed by atoms with Gasteiger partial charge in [0.05, 0.1) is 5.69 Å². The molecule has 0 aliphatic carbocycles. The average molecular weight is 417 g/mol. The first-order valence-corrected chi connectivity index (χ1v) is 9.16. The summed E-state index contributed by atoms with van der Waals surface area (Å²) in [5.41, 5.74) is 2.39. The Labute approximate surface area is 161 Å². The number of rotatable bonds is 3. The number of ether oxygens (including phenoxy) is 1. The van der Waals surface area contributed by atoms with Gasteiger partial charge in [0.15, 0.2) is 6.61 Å². The van der Waals surface area contributed by atoms with Crippen molar-refractivity contribution >= 4 is 39.1 Å². The van der Waals surface area contributed by atoms with Crippen LogP contribution in [-0.2, 0) is 15.0 Å². The van der Waals surface area contributed by atoms with Crippen LogP contribution in [0.4, 0.5) is 11.4 Å². The molecule has 1 N–H and O–H groups in total. The molecule has 2 aromatic rings. The standard InChI is InChI=1S/C20H21BrN2O3/c1-20(2,3)13-7-8-16-17(9-13)26-12-19(25)23(16)11-18(24)22-15-6-4-5-14(21)10-15/h4-10H,11-12H2,1-3H3,(H,22,24). The minimum absolute atomic E-state index is 0.0251. The highest BCUT2D eigenvalue weighted by Gasteiger charge is 2.28. The molecule has 0 bridgehead atoms. The molecule has 5 nitrogen and oxygen atoms in total. The summed E-state index contributed by atoms with van der Waals surface area (Å²) in [7, 11) is 0. The normalized spacial score (nSPS) is 13.8. The molecule has 0 fully saturated rings. The molecule has 0 aromatic heterocycles. The second kappa shape index (κ2) is 7.11. The third-order valence-electron chi connectivity index (χ3n) is 4.18. The molecule has 0 spiro atoms. The zero-order chi connectivity index (χ0) is 18.9. The van der Waals surface area contributed by atoms with E-state index in [2.05, 4.69) is 42.0 Å². The quantitative estimate of drug-likeness (QED) is 0.818. The van der Waals surface area contributed by atoms with E-state index in [1.165, 1.54) is 4.90 Å². The summed E-state index contributed by atoms with van der Waals surface area (Å²) in [5.74, 6) is 0.141. The fourth-order valence-electron chi connectivity index (χ4n) is 2.75. The molecular weight excluding hydrogens is 396 g/mol. The molecular formula is C20H21BrN2O3. The van der Waals surface area contributed by atoms with Crippen LogP contribution in [0.1, 0.15) is 26.3 Å². The maximum atomic E-state index is 12.4. The van der Waals surface area contributed by atoms with Gasteiger partial charge in [-0.1, -0.05) is 48.8 Å². The first kappa shape index (κ1) is 18.5. The Morgan fingerprint density at radius 2 is 2.00 bits per heavy atom. The summed E-state index contributed by atoms with van der Waals surface area (Å²) in [6.07, 6.45) is 0. The van der Waals surface area contributed by atoms with Crippen LogP contribution < -0.4 is 15.0 Å². The van der Waals surface area contributed by atoms with E-state index in [4.69, 9.17) is 4.74 Å². The Balaban J connectivity index is 1.80. The first-order valence-electron chi connectivity index (χ1n) is 8.37. The number of benzene rings is 2. The van der Waals surface area contributed by atoms with E-state index in [0.29, 0.717) is 17.1 Å². The van der Waals surface area contributed by atoms with Crippen molar-refractivity contribution in [3.8, 4) is 5.75 Å². The summed E-state index contributed by atoms with van der Waals surface area (Å²) < 4.78 is 6.46. The summed E-state index contributed by atoms with van der Waals surface area (Å²) in [5, 5.41) is 2.81. The summed E-state index contributed by atoms with van der Waals surface area (Å²) >= 11 is 3.37. The number of amides is 2. The number of anilines is 2. The molecule has 2 amide bonds. The molecule has 1 heterocycles. The second-order valence-electron chi connectivity index (χ2n) is 7.26. The Kier molecular flexibility index (Phi) is 5.05. The van der Waals surface area contributed by atoms with E-state index < -0.39 is 0 Å². The lowest BCUT2D eigenvalue weighted by Crippen LogP contribution is -2.43. The van der Waals surface area contributed by atoms with E-state index in [0.717, 1.165) is 10.0 Å². The van der Waals surface area contributed by atoms with Crippen molar-refractivity contribution in [3.63, 3.8) is 0 Å². The van der Waals surface area contributed by atoms with Gasteiger partial charge in [-0.2, -0.15) is 0 Å². The molecule has 6 heteroatoms. The van der Waals surface area contributed by atoms with Crippen molar-refractivity contribution in [1.82, 2.24) is 0 Å². The lowest BCUT2D eigenvalue weighted by Gasteiger charge is -2.30. The smallest absolute Gasteiger partial charge is 0.265 e. The fraction of sp³-hybridized carbons (Fsp3) is 0.300. The van der Waals surface area contributed by atoms with Gasteiger partial charge >= 0.3 is 0 Å². The van der Waals surface area contributed by atoms with Gasteiger partial charge in [-0.15, -0.1) is 0 Å². The van der Waals surface area contributed by atoms with Gasteiger partial charge in [0.2, 0.25) is 5.91 Å². The van der Waals surface area contributed by atoms with Gasteiger partial charge in [-0.05, 0) is 41.3 Å². The van der Waals surface area contributed by atoms with Crippen molar-refractivity contribution in [1.29, 1.82) is 0 Å². The molecule has 2 aromatic carbocycles. The molecule has 0 atom stereocenters. The Morgan fingerprint density at radius 3 is 2.69 bits per heavy atom. The van der Waals surface area contributed by atoms with Crippen molar-refractivity contribution in [2.75, 3.05) is 23.4 Å². The number of hydrogen-bond acceptors (Lipinski definition) is 3. The first-order chi connectivity index (χ1) is 12.2. The average Bonchev–Trinajstić information content (AvgIpc) is 2.56. The van der Waals surface area contributed by atoms with Crippen LogP contribution in [0.25, 0.3) is 0 Å². The highest BCUT2D eigenvalue weighted by Crippen LogP contribution is 2.36. The Morgan fingerprint density at radius 1 is 1.23 bits per heavy atom.